The summed E-state index contributed by atoms with van der Waals surface area (Å²) in [5.41, 5.74) is 0.200. The van der Waals surface area contributed by atoms with Crippen molar-refractivity contribution < 1.29 is 4.79 Å². The number of pyridine rings is 1. The molecule has 1 fully saturated rings. The van der Waals surface area contributed by atoms with Gasteiger partial charge in [0.05, 0.1) is 5.02 Å². The molecule has 0 atom stereocenters. The Morgan fingerprint density at radius 3 is 2.79 bits per heavy atom. The summed E-state index contributed by atoms with van der Waals surface area (Å²) in [7, 11) is 0. The third-order valence-corrected chi connectivity index (χ3v) is 2.46. The summed E-state index contributed by atoms with van der Waals surface area (Å²) in [6.07, 6.45) is 2.06. The van der Waals surface area contributed by atoms with Crippen molar-refractivity contribution >= 4 is 29.1 Å². The number of carbonyl (C=O) groups is 1. The van der Waals surface area contributed by atoms with E-state index in [2.05, 4.69) is 10.3 Å². The number of nitrogens with zero attached hydrogens (tertiary/aromatic N) is 1. The SMILES string of the molecule is O=C(NC1CC1)c1nc(Cl)ccc1Cl. The molecule has 0 spiro atoms. The fourth-order valence-electron chi connectivity index (χ4n) is 1.06. The van der Waals surface area contributed by atoms with E-state index in [9.17, 15) is 4.79 Å². The summed E-state index contributed by atoms with van der Waals surface area (Å²) in [6, 6.07) is 3.41. The average molecular weight is 231 g/mol. The summed E-state index contributed by atoms with van der Waals surface area (Å²) >= 11 is 11.5. The second-order valence-corrected chi connectivity index (χ2v) is 4.01. The fourth-order valence-corrected chi connectivity index (χ4v) is 1.40. The van der Waals surface area contributed by atoms with Crippen LogP contribution in [0, 0.1) is 0 Å². The van der Waals surface area contributed by atoms with Gasteiger partial charge in [-0.15, -0.1) is 0 Å². The van der Waals surface area contributed by atoms with E-state index >= 15 is 0 Å². The van der Waals surface area contributed by atoms with Crippen LogP contribution in [-0.4, -0.2) is 16.9 Å². The van der Waals surface area contributed by atoms with Crippen LogP contribution in [0.25, 0.3) is 0 Å². The highest BCUT2D eigenvalue weighted by Crippen LogP contribution is 2.21. The Balaban J connectivity index is 2.20. The van der Waals surface area contributed by atoms with E-state index in [-0.39, 0.29) is 16.8 Å². The third-order valence-electron chi connectivity index (χ3n) is 1.94. The molecule has 0 bridgehead atoms. The first-order chi connectivity index (χ1) is 6.66. The fraction of sp³-hybridized carbons (Fsp3) is 0.333. The van der Waals surface area contributed by atoms with E-state index in [1.807, 2.05) is 0 Å². The molecule has 1 amide bonds. The molecule has 1 aliphatic rings. The predicted molar refractivity (Wildman–Crippen MR) is 54.7 cm³/mol. The van der Waals surface area contributed by atoms with Gasteiger partial charge in [0, 0.05) is 6.04 Å². The second kappa shape index (κ2) is 3.75. The molecule has 1 heterocycles. The Bertz CT molecular complexity index is 377. The van der Waals surface area contributed by atoms with Crippen LogP contribution in [-0.2, 0) is 0 Å². The molecule has 1 N–H and O–H groups in total. The van der Waals surface area contributed by atoms with Gasteiger partial charge in [-0.3, -0.25) is 4.79 Å². The molecule has 0 saturated heterocycles. The first-order valence-electron chi connectivity index (χ1n) is 4.30. The van der Waals surface area contributed by atoms with E-state index in [0.717, 1.165) is 12.8 Å². The lowest BCUT2D eigenvalue weighted by Crippen LogP contribution is -2.26. The van der Waals surface area contributed by atoms with Gasteiger partial charge in [-0.25, -0.2) is 4.98 Å². The maximum absolute atomic E-state index is 11.6. The van der Waals surface area contributed by atoms with E-state index in [4.69, 9.17) is 23.2 Å². The quantitative estimate of drug-likeness (QED) is 0.793. The van der Waals surface area contributed by atoms with Crippen molar-refractivity contribution in [1.82, 2.24) is 10.3 Å². The number of nitrogens with one attached hydrogen (secondary N) is 1. The van der Waals surface area contributed by atoms with Gasteiger partial charge in [0.2, 0.25) is 0 Å². The highest BCUT2D eigenvalue weighted by Gasteiger charge is 2.25. The second-order valence-electron chi connectivity index (χ2n) is 3.21. The van der Waals surface area contributed by atoms with Crippen LogP contribution < -0.4 is 5.32 Å². The monoisotopic (exact) mass is 230 g/mol. The molecular weight excluding hydrogens is 223 g/mol. The van der Waals surface area contributed by atoms with Crippen LogP contribution in [0.15, 0.2) is 12.1 Å². The molecule has 0 unspecified atom stereocenters. The van der Waals surface area contributed by atoms with Gasteiger partial charge in [0.15, 0.2) is 0 Å². The Kier molecular flexibility index (Phi) is 2.61. The lowest BCUT2D eigenvalue weighted by atomic mass is 10.3. The van der Waals surface area contributed by atoms with Crippen molar-refractivity contribution in [3.8, 4) is 0 Å². The summed E-state index contributed by atoms with van der Waals surface area (Å²) < 4.78 is 0. The normalized spacial score (nSPS) is 15.3. The van der Waals surface area contributed by atoms with Crippen molar-refractivity contribution in [3.05, 3.63) is 28.0 Å². The standard InChI is InChI=1S/C9H8Cl2N2O/c10-6-3-4-7(11)13-8(6)9(14)12-5-1-2-5/h3-5H,1-2H2,(H,12,14). The van der Waals surface area contributed by atoms with E-state index < -0.39 is 0 Å². The Hall–Kier alpha value is -0.800. The summed E-state index contributed by atoms with van der Waals surface area (Å²) in [5, 5.41) is 3.39. The zero-order valence-electron chi connectivity index (χ0n) is 7.26. The lowest BCUT2D eigenvalue weighted by molar-refractivity contribution is 0.0946. The topological polar surface area (TPSA) is 42.0 Å². The van der Waals surface area contributed by atoms with E-state index in [1.165, 1.54) is 0 Å². The van der Waals surface area contributed by atoms with E-state index in [1.54, 1.807) is 12.1 Å². The molecule has 1 saturated carbocycles. The first kappa shape index (κ1) is 9.74. The summed E-state index contributed by atoms with van der Waals surface area (Å²) in [5.74, 6) is -0.250. The number of halogens is 2. The maximum Gasteiger partial charge on any atom is 0.271 e. The smallest absolute Gasteiger partial charge is 0.271 e. The average Bonchev–Trinajstić information content (AvgIpc) is 2.93. The van der Waals surface area contributed by atoms with Gasteiger partial charge in [-0.2, -0.15) is 0 Å². The maximum atomic E-state index is 11.6. The molecule has 5 heteroatoms. The number of hydrogen-bond acceptors (Lipinski definition) is 2. The van der Waals surface area contributed by atoms with Crippen molar-refractivity contribution in [3.63, 3.8) is 0 Å². The Morgan fingerprint density at radius 2 is 2.14 bits per heavy atom. The van der Waals surface area contributed by atoms with Gasteiger partial charge < -0.3 is 5.32 Å². The molecule has 2 rings (SSSR count). The minimum atomic E-state index is -0.250. The van der Waals surface area contributed by atoms with Gasteiger partial charge >= 0.3 is 0 Å². The van der Waals surface area contributed by atoms with Gasteiger partial charge in [0.1, 0.15) is 10.8 Å². The molecule has 0 radical (unpaired) electrons. The highest BCUT2D eigenvalue weighted by molar-refractivity contribution is 6.34. The van der Waals surface area contributed by atoms with Crippen LogP contribution in [0.1, 0.15) is 23.3 Å². The Morgan fingerprint density at radius 1 is 1.43 bits per heavy atom. The van der Waals surface area contributed by atoms with Crippen molar-refractivity contribution in [1.29, 1.82) is 0 Å². The minimum Gasteiger partial charge on any atom is -0.348 e. The highest BCUT2D eigenvalue weighted by atomic mass is 35.5. The Labute approximate surface area is 91.4 Å². The molecule has 74 valence electrons. The third kappa shape index (κ3) is 2.16. The van der Waals surface area contributed by atoms with Crippen LogP contribution in [0.2, 0.25) is 10.2 Å². The van der Waals surface area contributed by atoms with Crippen molar-refractivity contribution in [2.75, 3.05) is 0 Å². The first-order valence-corrected chi connectivity index (χ1v) is 5.05. The van der Waals surface area contributed by atoms with Crippen molar-refractivity contribution in [2.45, 2.75) is 18.9 Å². The van der Waals surface area contributed by atoms with Gasteiger partial charge in [0.25, 0.3) is 5.91 Å². The van der Waals surface area contributed by atoms with Gasteiger partial charge in [-0.05, 0) is 25.0 Å². The number of rotatable bonds is 2. The molecule has 14 heavy (non-hydrogen) atoms. The molecule has 1 aromatic rings. The van der Waals surface area contributed by atoms with Crippen LogP contribution in [0.5, 0.6) is 0 Å². The number of aromatic nitrogens is 1. The molecule has 3 nitrogen and oxygen atoms in total. The lowest BCUT2D eigenvalue weighted by Gasteiger charge is -2.04. The van der Waals surface area contributed by atoms with Crippen molar-refractivity contribution in [2.24, 2.45) is 0 Å². The van der Waals surface area contributed by atoms with Crippen LogP contribution in [0.4, 0.5) is 0 Å². The molecule has 1 aromatic heterocycles. The molecular formula is C9H8Cl2N2O. The summed E-state index contributed by atoms with van der Waals surface area (Å²) in [4.78, 5) is 15.4. The largest absolute Gasteiger partial charge is 0.348 e. The molecule has 1 aliphatic carbocycles. The zero-order chi connectivity index (χ0) is 10.1. The summed E-state index contributed by atoms with van der Waals surface area (Å²) in [6.45, 7) is 0. The van der Waals surface area contributed by atoms with Crippen LogP contribution in [0.3, 0.4) is 0 Å². The number of hydrogen-bond donors (Lipinski definition) is 1. The predicted octanol–water partition coefficient (Wildman–Crippen LogP) is 2.28. The zero-order valence-corrected chi connectivity index (χ0v) is 8.77. The minimum absolute atomic E-state index is 0.200. The molecule has 0 aliphatic heterocycles. The number of amides is 1. The molecule has 0 aromatic carbocycles. The van der Waals surface area contributed by atoms with Crippen LogP contribution >= 0.6 is 23.2 Å². The van der Waals surface area contributed by atoms with Gasteiger partial charge in [-0.1, -0.05) is 23.2 Å². The number of carbonyl (C=O) groups excluding carboxylic acids is 1. The van der Waals surface area contributed by atoms with E-state index in [0.29, 0.717) is 11.1 Å².